The third kappa shape index (κ3) is 4.09. The van der Waals surface area contributed by atoms with Crippen LogP contribution < -0.4 is 5.32 Å². The van der Waals surface area contributed by atoms with Gasteiger partial charge in [-0.1, -0.05) is 0 Å². The van der Waals surface area contributed by atoms with Crippen LogP contribution in [0.2, 0.25) is 0 Å². The zero-order chi connectivity index (χ0) is 14.6. The molecule has 3 atom stereocenters. The minimum atomic E-state index is -1.44. The summed E-state index contributed by atoms with van der Waals surface area (Å²) in [5.41, 5.74) is 0. The van der Waals surface area contributed by atoms with Gasteiger partial charge in [-0.15, -0.1) is 0 Å². The molecule has 1 aliphatic heterocycles. The fourth-order valence-corrected chi connectivity index (χ4v) is 2.01. The quantitative estimate of drug-likeness (QED) is 0.635. The first kappa shape index (κ1) is 15.2. The second kappa shape index (κ2) is 6.37. The standard InChI is InChI=1S/C11H18N2O6/c1-6-8(3-4-19-6)13(2)11(18)12-7(10(16)17)5-9(14)15/h6-8H,3-5H2,1-2H3,(H,12,18)(H,14,15)(H,16,17)/t6?,7-,8?/m1/s1. The maximum absolute atomic E-state index is 11.9. The molecule has 0 aromatic carbocycles. The van der Waals surface area contributed by atoms with E-state index in [0.717, 1.165) is 0 Å². The van der Waals surface area contributed by atoms with Gasteiger partial charge in [0.15, 0.2) is 0 Å². The molecular weight excluding hydrogens is 256 g/mol. The van der Waals surface area contributed by atoms with Gasteiger partial charge < -0.3 is 25.2 Å². The number of hydrogen-bond donors (Lipinski definition) is 3. The van der Waals surface area contributed by atoms with Crippen molar-refractivity contribution < 1.29 is 29.3 Å². The monoisotopic (exact) mass is 274 g/mol. The van der Waals surface area contributed by atoms with Gasteiger partial charge in [0.25, 0.3) is 0 Å². The fraction of sp³-hybridized carbons (Fsp3) is 0.727. The summed E-state index contributed by atoms with van der Waals surface area (Å²) in [6.07, 6.45) is -0.119. The Labute approximate surface area is 110 Å². The van der Waals surface area contributed by atoms with Crippen molar-refractivity contribution >= 4 is 18.0 Å². The topological polar surface area (TPSA) is 116 Å². The van der Waals surface area contributed by atoms with Crippen LogP contribution in [-0.4, -0.2) is 64.9 Å². The average Bonchev–Trinajstić information content (AvgIpc) is 2.72. The van der Waals surface area contributed by atoms with Gasteiger partial charge in [-0.3, -0.25) is 4.79 Å². The first-order valence-corrected chi connectivity index (χ1v) is 5.92. The first-order chi connectivity index (χ1) is 8.82. The number of hydrogen-bond acceptors (Lipinski definition) is 4. The second-order valence-corrected chi connectivity index (χ2v) is 4.48. The van der Waals surface area contributed by atoms with Crippen LogP contribution in [-0.2, 0) is 14.3 Å². The number of aliphatic carboxylic acids is 2. The molecule has 19 heavy (non-hydrogen) atoms. The van der Waals surface area contributed by atoms with Gasteiger partial charge in [0.05, 0.1) is 18.6 Å². The van der Waals surface area contributed by atoms with E-state index >= 15 is 0 Å². The summed E-state index contributed by atoms with van der Waals surface area (Å²) in [5.74, 6) is -2.66. The van der Waals surface area contributed by atoms with Gasteiger partial charge in [-0.05, 0) is 13.3 Å². The predicted molar refractivity (Wildman–Crippen MR) is 63.8 cm³/mol. The minimum absolute atomic E-state index is 0.126. The Morgan fingerprint density at radius 1 is 1.42 bits per heavy atom. The van der Waals surface area contributed by atoms with E-state index in [1.54, 1.807) is 0 Å². The molecule has 108 valence electrons. The lowest BCUT2D eigenvalue weighted by Crippen LogP contribution is -2.51. The molecule has 0 aromatic rings. The molecule has 3 N–H and O–H groups in total. The van der Waals surface area contributed by atoms with Crippen LogP contribution in [0.3, 0.4) is 0 Å². The molecule has 1 saturated heterocycles. The van der Waals surface area contributed by atoms with Crippen molar-refractivity contribution in [1.29, 1.82) is 0 Å². The highest BCUT2D eigenvalue weighted by atomic mass is 16.5. The highest BCUT2D eigenvalue weighted by Gasteiger charge is 2.32. The van der Waals surface area contributed by atoms with Gasteiger partial charge in [0.2, 0.25) is 0 Å². The summed E-state index contributed by atoms with van der Waals surface area (Å²) in [5, 5.41) is 19.6. The smallest absolute Gasteiger partial charge is 0.326 e. The Bertz CT molecular complexity index is 372. The van der Waals surface area contributed by atoms with Crippen LogP contribution in [0.4, 0.5) is 4.79 Å². The Hall–Kier alpha value is -1.83. The third-order valence-electron chi connectivity index (χ3n) is 3.13. The number of likely N-dealkylation sites (N-methyl/N-ethyl adjacent to an activating group) is 1. The molecule has 2 amide bonds. The normalized spacial score (nSPS) is 23.7. The fourth-order valence-electron chi connectivity index (χ4n) is 2.01. The maximum Gasteiger partial charge on any atom is 0.326 e. The lowest BCUT2D eigenvalue weighted by Gasteiger charge is -2.28. The molecule has 0 spiro atoms. The van der Waals surface area contributed by atoms with Crippen LogP contribution >= 0.6 is 0 Å². The van der Waals surface area contributed by atoms with Gasteiger partial charge in [-0.25, -0.2) is 9.59 Å². The molecule has 0 aromatic heterocycles. The number of carboxylic acids is 2. The highest BCUT2D eigenvalue weighted by Crippen LogP contribution is 2.18. The van der Waals surface area contributed by atoms with E-state index in [4.69, 9.17) is 14.9 Å². The van der Waals surface area contributed by atoms with Crippen molar-refractivity contribution in [3.05, 3.63) is 0 Å². The molecule has 1 heterocycles. The third-order valence-corrected chi connectivity index (χ3v) is 3.13. The molecule has 1 rings (SSSR count). The number of carbonyl (C=O) groups excluding carboxylic acids is 1. The number of urea groups is 1. The van der Waals surface area contributed by atoms with E-state index in [0.29, 0.717) is 13.0 Å². The van der Waals surface area contributed by atoms with Crippen molar-refractivity contribution in [3.8, 4) is 0 Å². The van der Waals surface area contributed by atoms with E-state index in [1.165, 1.54) is 11.9 Å². The number of nitrogens with one attached hydrogen (secondary N) is 1. The number of nitrogens with zero attached hydrogens (tertiary/aromatic N) is 1. The van der Waals surface area contributed by atoms with Crippen molar-refractivity contribution in [1.82, 2.24) is 10.2 Å². The van der Waals surface area contributed by atoms with Crippen molar-refractivity contribution in [2.45, 2.75) is 38.0 Å². The summed E-state index contributed by atoms with van der Waals surface area (Å²) in [6.45, 7) is 2.37. The van der Waals surface area contributed by atoms with Crippen LogP contribution in [0.15, 0.2) is 0 Å². The number of carboxylic acid groups (broad SMARTS) is 2. The molecule has 2 unspecified atom stereocenters. The van der Waals surface area contributed by atoms with Gasteiger partial charge in [0.1, 0.15) is 6.04 Å². The van der Waals surface area contributed by atoms with E-state index in [1.807, 2.05) is 6.92 Å². The first-order valence-electron chi connectivity index (χ1n) is 5.92. The lowest BCUT2D eigenvalue weighted by atomic mass is 10.1. The van der Waals surface area contributed by atoms with Crippen LogP contribution in [0.1, 0.15) is 19.8 Å². The molecule has 8 heteroatoms. The van der Waals surface area contributed by atoms with Crippen molar-refractivity contribution in [2.75, 3.05) is 13.7 Å². The average molecular weight is 274 g/mol. The van der Waals surface area contributed by atoms with Gasteiger partial charge >= 0.3 is 18.0 Å². The molecule has 1 aliphatic rings. The van der Waals surface area contributed by atoms with Gasteiger partial charge in [0, 0.05) is 13.7 Å². The Balaban J connectivity index is 2.60. The number of amides is 2. The highest BCUT2D eigenvalue weighted by molar-refractivity contribution is 5.86. The van der Waals surface area contributed by atoms with Crippen LogP contribution in [0.25, 0.3) is 0 Å². The molecular formula is C11H18N2O6. The maximum atomic E-state index is 11.9. The van der Waals surface area contributed by atoms with E-state index in [2.05, 4.69) is 5.32 Å². The SMILES string of the molecule is CC1OCCC1N(C)C(=O)N[C@H](CC(=O)O)C(=O)O. The van der Waals surface area contributed by atoms with Gasteiger partial charge in [-0.2, -0.15) is 0 Å². The van der Waals surface area contributed by atoms with E-state index < -0.39 is 30.4 Å². The number of rotatable bonds is 5. The van der Waals surface area contributed by atoms with Crippen molar-refractivity contribution in [3.63, 3.8) is 0 Å². The molecule has 0 saturated carbocycles. The van der Waals surface area contributed by atoms with Crippen molar-refractivity contribution in [2.24, 2.45) is 0 Å². The Morgan fingerprint density at radius 2 is 2.05 bits per heavy atom. The van der Waals surface area contributed by atoms with E-state index in [9.17, 15) is 14.4 Å². The minimum Gasteiger partial charge on any atom is -0.481 e. The molecule has 0 bridgehead atoms. The molecule has 0 radical (unpaired) electrons. The summed E-state index contributed by atoms with van der Waals surface area (Å²) in [7, 11) is 1.53. The summed E-state index contributed by atoms with van der Waals surface area (Å²) in [6, 6.07) is -2.19. The number of carbonyl (C=O) groups is 3. The molecule has 1 fully saturated rings. The Morgan fingerprint density at radius 3 is 2.47 bits per heavy atom. The zero-order valence-corrected chi connectivity index (χ0v) is 10.8. The van der Waals surface area contributed by atoms with Crippen LogP contribution in [0.5, 0.6) is 0 Å². The Kier molecular flexibility index (Phi) is 5.11. The van der Waals surface area contributed by atoms with Crippen LogP contribution in [0, 0.1) is 0 Å². The summed E-state index contributed by atoms with van der Waals surface area (Å²) in [4.78, 5) is 34.6. The largest absolute Gasteiger partial charge is 0.481 e. The molecule has 8 nitrogen and oxygen atoms in total. The number of ether oxygens (including phenoxy) is 1. The molecule has 0 aliphatic carbocycles. The summed E-state index contributed by atoms with van der Waals surface area (Å²) >= 11 is 0. The second-order valence-electron chi connectivity index (χ2n) is 4.48. The lowest BCUT2D eigenvalue weighted by molar-refractivity contribution is -0.145. The summed E-state index contributed by atoms with van der Waals surface area (Å²) < 4.78 is 5.32. The van der Waals surface area contributed by atoms with E-state index in [-0.39, 0.29) is 12.1 Å². The zero-order valence-electron chi connectivity index (χ0n) is 10.8. The predicted octanol–water partition coefficient (Wildman–Crippen LogP) is -0.267.